The van der Waals surface area contributed by atoms with Gasteiger partial charge in [0.05, 0.1) is 12.1 Å². The Labute approximate surface area is 221 Å². The molecule has 0 aromatic carbocycles. The molecule has 33 heavy (non-hydrogen) atoms. The molecule has 1 N–H and O–H groups in total. The maximum Gasteiger partial charge on any atom is 0.0984 e. The zero-order valence-electron chi connectivity index (χ0n) is 22.0. The summed E-state index contributed by atoms with van der Waals surface area (Å²) in [5, 5.41) is 17.2. The number of rotatable bonds is 20. The molecule has 6 heteroatoms. The Morgan fingerprint density at radius 3 is 1.58 bits per heavy atom. The van der Waals surface area contributed by atoms with E-state index in [4.69, 9.17) is 5.11 Å². The van der Waals surface area contributed by atoms with Crippen molar-refractivity contribution in [3.63, 3.8) is 0 Å². The third-order valence-electron chi connectivity index (χ3n) is 5.01. The van der Waals surface area contributed by atoms with E-state index in [-0.39, 0.29) is 21.1 Å². The Balaban J connectivity index is -0.000000469. The standard InChI is InChI=1S/2C8H17.C7H14.C4H6O4S.Sn/c2*1-3-5-7-8-6-4-2;1-3-5-7-6-4-2;5-2(4(7)8)1-3(6)9;/h2*1,3-8H2,2H3;3,5H,4,6-7H2,1-2H3;2,5H,1H2,(H,6,9)(H,7,8);/q;;;;+2/p-2/b;;5-3+;;. The molecule has 0 aliphatic heterocycles. The number of carboxylic acids is 1. The van der Waals surface area contributed by atoms with Crippen molar-refractivity contribution in [3.8, 4) is 0 Å². The first-order chi connectivity index (χ1) is 15.9. The van der Waals surface area contributed by atoms with Gasteiger partial charge in [-0.05, 0) is 13.3 Å². The van der Waals surface area contributed by atoms with Gasteiger partial charge in [-0.2, -0.15) is 0 Å². The van der Waals surface area contributed by atoms with Crippen LogP contribution in [0.1, 0.15) is 130 Å². The van der Waals surface area contributed by atoms with Gasteiger partial charge in [0.25, 0.3) is 0 Å². The van der Waals surface area contributed by atoms with Crippen LogP contribution in [0, 0.1) is 0 Å². The van der Waals surface area contributed by atoms with Gasteiger partial charge in [0.2, 0.25) is 0 Å². The smallest absolute Gasteiger partial charge is 0.0984 e. The van der Waals surface area contributed by atoms with Gasteiger partial charge in [-0.15, -0.1) is 0 Å². The average molecular weight is 591 g/mol. The van der Waals surface area contributed by atoms with Crippen molar-refractivity contribution in [2.45, 2.75) is 145 Å². The Morgan fingerprint density at radius 2 is 1.24 bits per heavy atom. The van der Waals surface area contributed by atoms with Gasteiger partial charge in [-0.25, -0.2) is 0 Å². The molecule has 0 amide bonds. The minimum Gasteiger partial charge on any atom is -0.742 e. The van der Waals surface area contributed by atoms with E-state index in [1.807, 2.05) is 0 Å². The zero-order valence-corrected chi connectivity index (χ0v) is 25.7. The molecular weight excluding hydrogens is 539 g/mol. The summed E-state index contributed by atoms with van der Waals surface area (Å²) in [5.74, 6) is -1.67. The van der Waals surface area contributed by atoms with Gasteiger partial charge in [-0.3, -0.25) is 0 Å². The average Bonchev–Trinajstić information content (AvgIpc) is 2.78. The second kappa shape index (κ2) is 34.0. The topological polar surface area (TPSA) is 77.4 Å². The van der Waals surface area contributed by atoms with Crippen LogP contribution in [0.2, 0.25) is 8.87 Å². The number of aliphatic hydroxyl groups is 1. The molecule has 0 saturated carbocycles. The van der Waals surface area contributed by atoms with Crippen molar-refractivity contribution >= 4 is 44.9 Å². The van der Waals surface area contributed by atoms with Gasteiger partial charge >= 0.3 is 121 Å². The Morgan fingerprint density at radius 1 is 0.818 bits per heavy atom. The Hall–Kier alpha value is -0.141. The van der Waals surface area contributed by atoms with Crippen LogP contribution in [0.4, 0.5) is 0 Å². The molecule has 0 radical (unpaired) electrons. The third kappa shape index (κ3) is 42.5. The molecule has 0 aliphatic carbocycles. The number of hydrogen-bond donors (Lipinski definition) is 1. The fourth-order valence-corrected chi connectivity index (χ4v) is 6.64. The molecule has 0 aromatic heterocycles. The summed E-state index contributed by atoms with van der Waals surface area (Å²) in [4.78, 5) is 19.6. The fraction of sp³-hybridized carbons (Fsp3) is 0.852. The summed E-state index contributed by atoms with van der Waals surface area (Å²) in [6.07, 6.45) is 23.7. The van der Waals surface area contributed by atoms with Crippen LogP contribution in [0.25, 0.3) is 0 Å². The van der Waals surface area contributed by atoms with Crippen molar-refractivity contribution in [2.24, 2.45) is 0 Å². The molecule has 1 atom stereocenters. The second-order valence-corrected chi connectivity index (χ2v) is 13.1. The van der Waals surface area contributed by atoms with E-state index in [0.717, 1.165) is 0 Å². The van der Waals surface area contributed by atoms with E-state index < -0.39 is 23.6 Å². The molecule has 0 rings (SSSR count). The number of carbonyl (C=O) groups is 2. The van der Waals surface area contributed by atoms with E-state index in [2.05, 4.69) is 52.5 Å². The Kier molecular flexibility index (Phi) is 38.6. The van der Waals surface area contributed by atoms with Gasteiger partial charge in [0.15, 0.2) is 0 Å². The van der Waals surface area contributed by atoms with Crippen LogP contribution in [-0.4, -0.2) is 43.4 Å². The van der Waals surface area contributed by atoms with Gasteiger partial charge in [0.1, 0.15) is 0 Å². The van der Waals surface area contributed by atoms with E-state index in [1.165, 1.54) is 83.5 Å². The number of unbranched alkanes of at least 4 members (excludes halogenated alkanes) is 12. The molecule has 0 bridgehead atoms. The van der Waals surface area contributed by atoms with Gasteiger partial charge in [0, 0.05) is 11.5 Å². The van der Waals surface area contributed by atoms with E-state index in [9.17, 15) is 14.7 Å². The number of aliphatic carboxylic acids is 1. The molecule has 194 valence electrons. The van der Waals surface area contributed by atoms with Crippen molar-refractivity contribution in [2.75, 3.05) is 0 Å². The van der Waals surface area contributed by atoms with Gasteiger partial charge < -0.3 is 32.4 Å². The molecule has 1 unspecified atom stereocenters. The summed E-state index contributed by atoms with van der Waals surface area (Å²) in [6.45, 7) is 8.88. The first-order valence-electron chi connectivity index (χ1n) is 13.3. The molecule has 0 saturated heterocycles. The molecule has 0 heterocycles. The van der Waals surface area contributed by atoms with E-state index >= 15 is 0 Å². The normalized spacial score (nSPS) is 11.1. The minimum atomic E-state index is -1.75. The number of allylic oxidation sites excluding steroid dienone is 2. The number of hydrogen-bond acceptors (Lipinski definition) is 5. The van der Waals surface area contributed by atoms with Crippen LogP contribution >= 0.6 is 0 Å². The third-order valence-corrected chi connectivity index (χ3v) is 9.21. The number of aliphatic hydroxyl groups excluding tert-OH is 1. The van der Waals surface area contributed by atoms with Crippen LogP contribution in [0.15, 0.2) is 12.2 Å². The second-order valence-electron chi connectivity index (χ2n) is 8.41. The summed E-state index contributed by atoms with van der Waals surface area (Å²) in [6, 6.07) is 0. The molecule has 0 aliphatic rings. The van der Waals surface area contributed by atoms with Crippen LogP contribution in [0.3, 0.4) is 0 Å². The quantitative estimate of drug-likeness (QED) is 0.0751. The monoisotopic (exact) mass is 592 g/mol. The first-order valence-corrected chi connectivity index (χ1v) is 17.7. The number of carbonyl (C=O) groups excluding carboxylic acids is 2. The van der Waals surface area contributed by atoms with Crippen molar-refractivity contribution in [1.82, 2.24) is 0 Å². The summed E-state index contributed by atoms with van der Waals surface area (Å²) >= 11 is 4.06. The van der Waals surface area contributed by atoms with Crippen LogP contribution in [-0.2, 0) is 22.2 Å². The summed E-state index contributed by atoms with van der Waals surface area (Å²) in [5.41, 5.74) is 0. The zero-order chi connectivity index (χ0) is 25.6. The summed E-state index contributed by atoms with van der Waals surface area (Å²) in [7, 11) is 0. The maximum atomic E-state index is 9.92. The van der Waals surface area contributed by atoms with Crippen molar-refractivity contribution in [3.05, 3.63) is 12.2 Å². The first kappa shape index (κ1) is 37.4. The fourth-order valence-electron chi connectivity index (χ4n) is 2.92. The predicted octanol–water partition coefficient (Wildman–Crippen LogP) is 6.56. The SMILES string of the molecule is C/C=C/CCCC.CCCCCCC[CH2][Sn+2][CH2]CCCCCCC.O=C([S-])CC(O)C(=O)[O-]. The number of carboxylic acid groups (broad SMARTS) is 1. The van der Waals surface area contributed by atoms with Gasteiger partial charge in [-0.1, -0.05) is 31.9 Å². The summed E-state index contributed by atoms with van der Waals surface area (Å²) < 4.78 is 3.31. The minimum absolute atomic E-state index is 0.0736. The molecule has 0 aromatic rings. The van der Waals surface area contributed by atoms with Crippen molar-refractivity contribution < 1.29 is 19.8 Å². The molecule has 0 spiro atoms. The van der Waals surface area contributed by atoms with E-state index in [1.54, 1.807) is 21.7 Å². The predicted molar refractivity (Wildman–Crippen MR) is 144 cm³/mol. The molecule has 0 fully saturated rings. The van der Waals surface area contributed by atoms with E-state index in [0.29, 0.717) is 0 Å². The molecular formula is C27H52O4SSn. The maximum absolute atomic E-state index is 9.92. The van der Waals surface area contributed by atoms with Crippen LogP contribution < -0.4 is 5.11 Å². The largest absolute Gasteiger partial charge is 0.742 e. The Bertz CT molecular complexity index is 416. The van der Waals surface area contributed by atoms with Crippen LogP contribution in [0.5, 0.6) is 0 Å². The van der Waals surface area contributed by atoms with Crippen molar-refractivity contribution in [1.29, 1.82) is 0 Å². The molecule has 4 nitrogen and oxygen atoms in total.